The minimum Gasteiger partial charge on any atom is -0.304 e. The molecule has 0 saturated heterocycles. The number of hydrogen-bond acceptors (Lipinski definition) is 2. The Bertz CT molecular complexity index is 564. The Kier molecular flexibility index (Phi) is 4.81. The number of fused-ring (bicyclic) bond motifs is 1. The Morgan fingerprint density at radius 3 is 2.70 bits per heavy atom. The van der Waals surface area contributed by atoms with E-state index < -0.39 is 17.5 Å². The van der Waals surface area contributed by atoms with Gasteiger partial charge in [0.1, 0.15) is 5.82 Å². The first kappa shape index (κ1) is 15.4. The van der Waals surface area contributed by atoms with Gasteiger partial charge in [-0.3, -0.25) is 9.59 Å². The van der Waals surface area contributed by atoms with Crippen LogP contribution in [0.5, 0.6) is 0 Å². The lowest BCUT2D eigenvalue weighted by Crippen LogP contribution is -2.35. The molecule has 1 aromatic carbocycles. The van der Waals surface area contributed by atoms with E-state index in [1.165, 1.54) is 11.0 Å². The first-order valence-corrected chi connectivity index (χ1v) is 7.90. The molecule has 0 aromatic heterocycles. The average molecular weight is 363 g/mol. The number of anilines is 1. The van der Waals surface area contributed by atoms with E-state index >= 15 is 0 Å². The van der Waals surface area contributed by atoms with Gasteiger partial charge >= 0.3 is 0 Å². The number of carbonyl (C=O) groups is 2. The number of rotatable bonds is 5. The summed E-state index contributed by atoms with van der Waals surface area (Å²) in [6.07, 6.45) is 1.91. The predicted molar refractivity (Wildman–Crippen MR) is 80.3 cm³/mol. The number of nitrogens with zero attached hydrogens (tertiary/aromatic N) is 1. The SMILES string of the molecule is CCCC(CBr)CN1C(=O)C(=O)c2cc(Cl)c(F)cc21. The molecular formula is C14H14BrClFNO2. The molecule has 0 N–H and O–H groups in total. The Balaban J connectivity index is 2.35. The van der Waals surface area contributed by atoms with Gasteiger partial charge in [0.25, 0.3) is 11.7 Å². The van der Waals surface area contributed by atoms with E-state index in [1.807, 2.05) is 0 Å². The molecule has 0 radical (unpaired) electrons. The number of Topliss-reactive ketones (excluding diaryl/α,β-unsaturated/α-hetero) is 1. The minimum atomic E-state index is -0.621. The van der Waals surface area contributed by atoms with Crippen molar-refractivity contribution in [2.24, 2.45) is 5.92 Å². The third kappa shape index (κ3) is 2.74. The molecular weight excluding hydrogens is 349 g/mol. The molecule has 0 aliphatic carbocycles. The second-order valence-corrected chi connectivity index (χ2v) is 5.89. The van der Waals surface area contributed by atoms with Gasteiger partial charge in [0, 0.05) is 11.9 Å². The fraction of sp³-hybridized carbons (Fsp3) is 0.429. The molecule has 0 saturated carbocycles. The van der Waals surface area contributed by atoms with E-state index in [0.29, 0.717) is 12.2 Å². The van der Waals surface area contributed by atoms with E-state index in [-0.39, 0.29) is 16.5 Å². The summed E-state index contributed by atoms with van der Waals surface area (Å²) in [6.45, 7) is 2.46. The molecule has 1 amide bonds. The third-order valence-corrected chi connectivity index (χ3v) is 4.57. The van der Waals surface area contributed by atoms with Crippen LogP contribution in [0, 0.1) is 11.7 Å². The Labute approximate surface area is 130 Å². The molecule has 20 heavy (non-hydrogen) atoms. The summed E-state index contributed by atoms with van der Waals surface area (Å²) in [4.78, 5) is 25.3. The van der Waals surface area contributed by atoms with Gasteiger partial charge in [-0.25, -0.2) is 4.39 Å². The maximum atomic E-state index is 13.6. The molecule has 1 atom stereocenters. The van der Waals surface area contributed by atoms with Crippen molar-refractivity contribution in [3.8, 4) is 0 Å². The van der Waals surface area contributed by atoms with Crippen LogP contribution < -0.4 is 4.90 Å². The van der Waals surface area contributed by atoms with Gasteiger partial charge in [0.2, 0.25) is 0 Å². The number of hydrogen-bond donors (Lipinski definition) is 0. The summed E-state index contributed by atoms with van der Waals surface area (Å²) >= 11 is 9.08. The van der Waals surface area contributed by atoms with Gasteiger partial charge in [-0.2, -0.15) is 0 Å². The molecule has 3 nitrogen and oxygen atoms in total. The highest BCUT2D eigenvalue weighted by atomic mass is 79.9. The van der Waals surface area contributed by atoms with Gasteiger partial charge in [-0.15, -0.1) is 0 Å². The van der Waals surface area contributed by atoms with Crippen LogP contribution in [-0.4, -0.2) is 23.6 Å². The molecule has 6 heteroatoms. The molecule has 108 valence electrons. The quantitative estimate of drug-likeness (QED) is 0.590. The van der Waals surface area contributed by atoms with Crippen molar-refractivity contribution in [3.05, 3.63) is 28.5 Å². The summed E-state index contributed by atoms with van der Waals surface area (Å²) in [7, 11) is 0. The zero-order valence-electron chi connectivity index (χ0n) is 11.0. The molecule has 2 rings (SSSR count). The number of amides is 1. The van der Waals surface area contributed by atoms with Gasteiger partial charge in [0.05, 0.1) is 16.3 Å². The number of halogens is 3. The van der Waals surface area contributed by atoms with Crippen molar-refractivity contribution in [3.63, 3.8) is 0 Å². The lowest BCUT2D eigenvalue weighted by molar-refractivity contribution is -0.114. The summed E-state index contributed by atoms with van der Waals surface area (Å²) in [6, 6.07) is 2.40. The first-order chi connectivity index (χ1) is 9.49. The van der Waals surface area contributed by atoms with Crippen molar-refractivity contribution in [2.75, 3.05) is 16.8 Å². The third-order valence-electron chi connectivity index (χ3n) is 3.37. The predicted octanol–water partition coefficient (Wildman–Crippen LogP) is 3.82. The van der Waals surface area contributed by atoms with Crippen LogP contribution in [0.15, 0.2) is 12.1 Å². The molecule has 1 aliphatic heterocycles. The maximum Gasteiger partial charge on any atom is 0.299 e. The zero-order valence-corrected chi connectivity index (χ0v) is 13.3. The lowest BCUT2D eigenvalue weighted by atomic mass is 10.1. The van der Waals surface area contributed by atoms with Crippen LogP contribution >= 0.6 is 27.5 Å². The zero-order chi connectivity index (χ0) is 14.9. The van der Waals surface area contributed by atoms with E-state index in [9.17, 15) is 14.0 Å². The summed E-state index contributed by atoms with van der Waals surface area (Å²) < 4.78 is 13.6. The van der Waals surface area contributed by atoms with Crippen molar-refractivity contribution < 1.29 is 14.0 Å². The van der Waals surface area contributed by atoms with Gasteiger partial charge < -0.3 is 4.90 Å². The van der Waals surface area contributed by atoms with Gasteiger partial charge in [0.15, 0.2) is 0 Å². The molecule has 0 fully saturated rings. The minimum absolute atomic E-state index is 0.141. The van der Waals surface area contributed by atoms with Crippen LogP contribution in [-0.2, 0) is 4.79 Å². The maximum absolute atomic E-state index is 13.6. The van der Waals surface area contributed by atoms with Crippen LogP contribution in [0.2, 0.25) is 5.02 Å². The van der Waals surface area contributed by atoms with Crippen LogP contribution in [0.4, 0.5) is 10.1 Å². The van der Waals surface area contributed by atoms with E-state index in [2.05, 4.69) is 22.9 Å². The summed E-state index contributed by atoms with van der Waals surface area (Å²) in [5.74, 6) is -1.62. The highest BCUT2D eigenvalue weighted by Crippen LogP contribution is 2.34. The molecule has 1 unspecified atom stereocenters. The van der Waals surface area contributed by atoms with Gasteiger partial charge in [-0.05, 0) is 24.5 Å². The van der Waals surface area contributed by atoms with E-state index in [0.717, 1.165) is 24.2 Å². The Morgan fingerprint density at radius 2 is 2.10 bits per heavy atom. The number of ketones is 1. The fourth-order valence-corrected chi connectivity index (χ4v) is 3.05. The second kappa shape index (κ2) is 6.22. The van der Waals surface area contributed by atoms with E-state index in [1.54, 1.807) is 0 Å². The van der Waals surface area contributed by atoms with Crippen molar-refractivity contribution in [2.45, 2.75) is 19.8 Å². The number of carbonyl (C=O) groups excluding carboxylic acids is 2. The Hall–Kier alpha value is -0.940. The normalized spacial score (nSPS) is 15.7. The summed E-state index contributed by atoms with van der Waals surface area (Å²) in [5.41, 5.74) is 0.509. The lowest BCUT2D eigenvalue weighted by Gasteiger charge is -2.22. The fourth-order valence-electron chi connectivity index (χ4n) is 2.35. The molecule has 1 heterocycles. The molecule has 0 spiro atoms. The van der Waals surface area contributed by atoms with Gasteiger partial charge in [-0.1, -0.05) is 40.9 Å². The standard InChI is InChI=1S/C14H14BrClFNO2/c1-2-3-8(6-15)7-18-12-5-11(17)10(16)4-9(12)13(19)14(18)20/h4-5,8H,2-3,6-7H2,1H3. The highest BCUT2D eigenvalue weighted by molar-refractivity contribution is 9.09. The van der Waals surface area contributed by atoms with Crippen molar-refractivity contribution in [1.29, 1.82) is 0 Å². The number of benzene rings is 1. The summed E-state index contributed by atoms with van der Waals surface area (Å²) in [5, 5.41) is 0.585. The van der Waals surface area contributed by atoms with Crippen molar-refractivity contribution >= 4 is 44.9 Å². The Morgan fingerprint density at radius 1 is 1.40 bits per heavy atom. The molecule has 1 aliphatic rings. The van der Waals surface area contributed by atoms with Crippen LogP contribution in [0.25, 0.3) is 0 Å². The van der Waals surface area contributed by atoms with Crippen LogP contribution in [0.3, 0.4) is 0 Å². The average Bonchev–Trinajstić information content (AvgIpc) is 2.64. The monoisotopic (exact) mass is 361 g/mol. The molecule has 0 bridgehead atoms. The topological polar surface area (TPSA) is 37.4 Å². The smallest absolute Gasteiger partial charge is 0.299 e. The largest absolute Gasteiger partial charge is 0.304 e. The van der Waals surface area contributed by atoms with Crippen LogP contribution in [0.1, 0.15) is 30.1 Å². The van der Waals surface area contributed by atoms with Crippen molar-refractivity contribution in [1.82, 2.24) is 0 Å². The second-order valence-electron chi connectivity index (χ2n) is 4.84. The first-order valence-electron chi connectivity index (χ1n) is 6.40. The van der Waals surface area contributed by atoms with E-state index in [4.69, 9.17) is 11.6 Å². The highest BCUT2D eigenvalue weighted by Gasteiger charge is 2.37. The molecule has 1 aromatic rings. The number of alkyl halides is 1.